The van der Waals surface area contributed by atoms with E-state index in [1.54, 1.807) is 0 Å². The number of carbonyl (C=O) groups is 1. The number of fused-ring (bicyclic) bond motifs is 1. The van der Waals surface area contributed by atoms with Gasteiger partial charge in [0.25, 0.3) is 0 Å². The lowest BCUT2D eigenvalue weighted by Crippen LogP contribution is -2.24. The van der Waals surface area contributed by atoms with Crippen LogP contribution >= 0.6 is 11.3 Å². The molecule has 1 aliphatic rings. The van der Waals surface area contributed by atoms with Crippen molar-refractivity contribution in [3.05, 3.63) is 29.2 Å². The SMILES string of the molecule is Cc1noc(C)c1-c1ccc2nc(NC(=O)[C@H]3CCNC3)sc2c1C. The van der Waals surface area contributed by atoms with E-state index >= 15 is 0 Å². The molecule has 1 aliphatic heterocycles. The third-order valence-corrected chi connectivity index (χ3v) is 5.88. The summed E-state index contributed by atoms with van der Waals surface area (Å²) in [7, 11) is 0. The number of aryl methyl sites for hydroxylation is 3. The molecule has 0 unspecified atom stereocenters. The number of anilines is 1. The summed E-state index contributed by atoms with van der Waals surface area (Å²) in [5.41, 5.74) is 5.05. The van der Waals surface area contributed by atoms with Gasteiger partial charge in [-0.3, -0.25) is 4.79 Å². The molecule has 0 radical (unpaired) electrons. The average Bonchev–Trinajstić information content (AvgIpc) is 3.30. The fourth-order valence-electron chi connectivity index (χ4n) is 3.40. The van der Waals surface area contributed by atoms with Crippen molar-refractivity contribution >= 4 is 32.6 Å². The van der Waals surface area contributed by atoms with Gasteiger partial charge >= 0.3 is 0 Å². The lowest BCUT2D eigenvalue weighted by atomic mass is 9.99. The van der Waals surface area contributed by atoms with E-state index < -0.39 is 0 Å². The Hall–Kier alpha value is -2.25. The third-order valence-electron chi connectivity index (χ3n) is 4.77. The van der Waals surface area contributed by atoms with Gasteiger partial charge in [-0.15, -0.1) is 0 Å². The fourth-order valence-corrected chi connectivity index (χ4v) is 4.37. The third kappa shape index (κ3) is 2.83. The standard InChI is InChI=1S/C18H20N4O2S/c1-9-13(15-10(2)22-24-11(15)3)4-5-14-16(9)25-18(20-14)21-17(23)12-6-7-19-8-12/h4-5,12,19H,6-8H2,1-3H3,(H,20,21,23)/t12-/m0/s1. The number of nitrogens with one attached hydrogen (secondary N) is 2. The number of hydrogen-bond acceptors (Lipinski definition) is 6. The summed E-state index contributed by atoms with van der Waals surface area (Å²) in [5.74, 6) is 0.894. The Labute approximate surface area is 149 Å². The number of hydrogen-bond donors (Lipinski definition) is 2. The van der Waals surface area contributed by atoms with Gasteiger partial charge in [-0.1, -0.05) is 22.6 Å². The highest BCUT2D eigenvalue weighted by Gasteiger charge is 2.23. The Balaban J connectivity index is 1.69. The first-order chi connectivity index (χ1) is 12.0. The molecule has 7 heteroatoms. The largest absolute Gasteiger partial charge is 0.361 e. The molecule has 25 heavy (non-hydrogen) atoms. The average molecular weight is 356 g/mol. The van der Waals surface area contributed by atoms with Crippen LogP contribution in [0.15, 0.2) is 16.7 Å². The minimum absolute atomic E-state index is 0.0333. The van der Waals surface area contributed by atoms with Crippen LogP contribution in [0.3, 0.4) is 0 Å². The lowest BCUT2D eigenvalue weighted by Gasteiger charge is -2.06. The number of thiazole rings is 1. The second-order valence-corrected chi connectivity index (χ2v) is 7.48. The molecule has 1 aromatic carbocycles. The molecule has 0 saturated carbocycles. The summed E-state index contributed by atoms with van der Waals surface area (Å²) < 4.78 is 6.39. The zero-order valence-corrected chi connectivity index (χ0v) is 15.3. The second-order valence-electron chi connectivity index (χ2n) is 6.48. The number of benzene rings is 1. The molecule has 1 saturated heterocycles. The Kier molecular flexibility index (Phi) is 4.05. The van der Waals surface area contributed by atoms with Crippen molar-refractivity contribution in [2.24, 2.45) is 5.92 Å². The van der Waals surface area contributed by atoms with Gasteiger partial charge in [0.2, 0.25) is 5.91 Å². The molecule has 0 bridgehead atoms. The second kappa shape index (κ2) is 6.24. The van der Waals surface area contributed by atoms with E-state index in [0.29, 0.717) is 5.13 Å². The minimum atomic E-state index is 0.0333. The molecule has 2 N–H and O–H groups in total. The lowest BCUT2D eigenvalue weighted by molar-refractivity contribution is -0.119. The van der Waals surface area contributed by atoms with Crippen LogP contribution in [0.2, 0.25) is 0 Å². The van der Waals surface area contributed by atoms with Crippen molar-refractivity contribution in [1.82, 2.24) is 15.5 Å². The molecule has 0 aliphatic carbocycles. The highest BCUT2D eigenvalue weighted by Crippen LogP contribution is 2.37. The maximum atomic E-state index is 12.3. The molecule has 130 valence electrons. The quantitative estimate of drug-likeness (QED) is 0.751. The van der Waals surface area contributed by atoms with Crippen molar-refractivity contribution in [3.63, 3.8) is 0 Å². The Morgan fingerprint density at radius 1 is 1.36 bits per heavy atom. The van der Waals surface area contributed by atoms with E-state index in [1.165, 1.54) is 11.3 Å². The van der Waals surface area contributed by atoms with Gasteiger partial charge in [-0.05, 0) is 50.9 Å². The molecule has 1 amide bonds. The van der Waals surface area contributed by atoms with Gasteiger partial charge in [0.1, 0.15) is 5.76 Å². The highest BCUT2D eigenvalue weighted by atomic mass is 32.1. The predicted octanol–water partition coefficient (Wildman–Crippen LogP) is 3.42. The van der Waals surface area contributed by atoms with Crippen LogP contribution in [-0.2, 0) is 4.79 Å². The van der Waals surface area contributed by atoms with Crippen molar-refractivity contribution < 1.29 is 9.32 Å². The van der Waals surface area contributed by atoms with Gasteiger partial charge in [-0.2, -0.15) is 0 Å². The maximum Gasteiger partial charge on any atom is 0.230 e. The molecular weight excluding hydrogens is 336 g/mol. The molecule has 4 rings (SSSR count). The maximum absolute atomic E-state index is 12.3. The monoisotopic (exact) mass is 356 g/mol. The summed E-state index contributed by atoms with van der Waals surface area (Å²) in [6, 6.07) is 4.04. The van der Waals surface area contributed by atoms with Crippen molar-refractivity contribution in [2.45, 2.75) is 27.2 Å². The first kappa shape index (κ1) is 16.2. The normalized spacial score (nSPS) is 17.3. The van der Waals surface area contributed by atoms with E-state index in [1.807, 2.05) is 19.9 Å². The fraction of sp³-hybridized carbons (Fsp3) is 0.389. The van der Waals surface area contributed by atoms with Crippen molar-refractivity contribution in [1.29, 1.82) is 0 Å². The Morgan fingerprint density at radius 2 is 2.20 bits per heavy atom. The molecule has 1 atom stereocenters. The summed E-state index contributed by atoms with van der Waals surface area (Å²) >= 11 is 1.52. The number of carbonyl (C=O) groups excluding carboxylic acids is 1. The molecule has 1 fully saturated rings. The molecule has 6 nitrogen and oxygen atoms in total. The smallest absolute Gasteiger partial charge is 0.230 e. The molecular formula is C18H20N4O2S. The van der Waals surface area contributed by atoms with Crippen LogP contribution in [0.25, 0.3) is 21.3 Å². The highest BCUT2D eigenvalue weighted by molar-refractivity contribution is 7.22. The van der Waals surface area contributed by atoms with Gasteiger partial charge in [0.15, 0.2) is 5.13 Å². The van der Waals surface area contributed by atoms with Crippen LogP contribution in [0.1, 0.15) is 23.4 Å². The van der Waals surface area contributed by atoms with Crippen LogP contribution in [-0.4, -0.2) is 29.1 Å². The van der Waals surface area contributed by atoms with Crippen LogP contribution in [0, 0.1) is 26.7 Å². The number of aromatic nitrogens is 2. The summed E-state index contributed by atoms with van der Waals surface area (Å²) in [5, 5.41) is 10.9. The summed E-state index contributed by atoms with van der Waals surface area (Å²) in [4.78, 5) is 16.9. The Morgan fingerprint density at radius 3 is 2.88 bits per heavy atom. The van der Waals surface area contributed by atoms with E-state index in [0.717, 1.165) is 57.9 Å². The summed E-state index contributed by atoms with van der Waals surface area (Å²) in [6.07, 6.45) is 0.881. The first-order valence-electron chi connectivity index (χ1n) is 8.39. The van der Waals surface area contributed by atoms with E-state index in [-0.39, 0.29) is 11.8 Å². The van der Waals surface area contributed by atoms with Crippen LogP contribution in [0.4, 0.5) is 5.13 Å². The zero-order chi connectivity index (χ0) is 17.6. The van der Waals surface area contributed by atoms with Gasteiger partial charge in [0.05, 0.1) is 21.8 Å². The topological polar surface area (TPSA) is 80.1 Å². The van der Waals surface area contributed by atoms with Crippen LogP contribution < -0.4 is 10.6 Å². The molecule has 3 aromatic rings. The van der Waals surface area contributed by atoms with Gasteiger partial charge in [0, 0.05) is 12.1 Å². The van der Waals surface area contributed by atoms with E-state index in [9.17, 15) is 4.79 Å². The molecule has 2 aromatic heterocycles. The van der Waals surface area contributed by atoms with Crippen molar-refractivity contribution in [3.8, 4) is 11.1 Å². The predicted molar refractivity (Wildman–Crippen MR) is 98.9 cm³/mol. The first-order valence-corrected chi connectivity index (χ1v) is 9.21. The molecule has 0 spiro atoms. The van der Waals surface area contributed by atoms with Gasteiger partial charge < -0.3 is 15.2 Å². The molecule has 3 heterocycles. The minimum Gasteiger partial charge on any atom is -0.361 e. The number of nitrogens with zero attached hydrogens (tertiary/aromatic N) is 2. The van der Waals surface area contributed by atoms with E-state index in [2.05, 4.69) is 33.8 Å². The number of rotatable bonds is 3. The zero-order valence-electron chi connectivity index (χ0n) is 14.5. The summed E-state index contributed by atoms with van der Waals surface area (Å²) in [6.45, 7) is 7.59. The van der Waals surface area contributed by atoms with E-state index in [4.69, 9.17) is 4.52 Å². The van der Waals surface area contributed by atoms with Crippen molar-refractivity contribution in [2.75, 3.05) is 18.4 Å². The number of amides is 1. The van der Waals surface area contributed by atoms with Gasteiger partial charge in [-0.25, -0.2) is 4.98 Å². The van der Waals surface area contributed by atoms with Crippen LogP contribution in [0.5, 0.6) is 0 Å². The Bertz CT molecular complexity index is 934.